The molecule has 0 aromatic rings. The molecule has 0 saturated heterocycles. The van der Waals surface area contributed by atoms with Crippen LogP contribution in [0.3, 0.4) is 0 Å². The molecule has 0 aliphatic carbocycles. The van der Waals surface area contributed by atoms with Crippen molar-refractivity contribution >= 4 is 28.9 Å². The van der Waals surface area contributed by atoms with Crippen molar-refractivity contribution in [3.63, 3.8) is 0 Å². The van der Waals surface area contributed by atoms with E-state index < -0.39 is 7.29 Å². The van der Waals surface area contributed by atoms with E-state index >= 15 is 0 Å². The van der Waals surface area contributed by atoms with Crippen LogP contribution in [0.25, 0.3) is 0 Å². The maximum atomic E-state index is 12.5. The fourth-order valence-electron chi connectivity index (χ4n) is 1.68. The molecule has 4 nitrogen and oxygen atoms in total. The number of methoxy groups -OCH3 is 1. The Labute approximate surface area is 107 Å². The van der Waals surface area contributed by atoms with Crippen molar-refractivity contribution in [2.24, 2.45) is 0 Å². The van der Waals surface area contributed by atoms with Crippen LogP contribution in [-0.2, 0) is 9.30 Å². The topological polar surface area (TPSA) is 62.2 Å². The average Bonchev–Trinajstić information content (AvgIpc) is 2.32. The lowest BCUT2D eigenvalue weighted by atomic mass is 10.0. The molecule has 0 heterocycles. The van der Waals surface area contributed by atoms with Crippen molar-refractivity contribution in [2.75, 3.05) is 26.0 Å². The van der Waals surface area contributed by atoms with Gasteiger partial charge in [-0.05, 0) is 6.42 Å². The molecule has 0 aliphatic rings. The number of hydrogen-bond donors (Lipinski definition) is 2. The van der Waals surface area contributed by atoms with E-state index in [4.69, 9.17) is 10.1 Å². The Hall–Kier alpha value is -0.210. The Bertz CT molecular complexity index is 265. The van der Waals surface area contributed by atoms with Crippen molar-refractivity contribution in [1.82, 2.24) is 5.09 Å². The summed E-state index contributed by atoms with van der Waals surface area (Å²) in [7, 11) is 3.54. The van der Waals surface area contributed by atoms with Gasteiger partial charge in [0.25, 0.3) is 0 Å². The van der Waals surface area contributed by atoms with Gasteiger partial charge in [0.1, 0.15) is 23.0 Å². The third-order valence-electron chi connectivity index (χ3n) is 2.68. The number of hydrogen-bond acceptors (Lipinski definition) is 3. The second kappa shape index (κ2) is 9.78. The predicted molar refractivity (Wildman–Crippen MR) is 80.6 cm³/mol. The highest BCUT2D eigenvalue weighted by atomic mass is 31.2. The van der Waals surface area contributed by atoms with E-state index in [1.54, 1.807) is 0 Å². The average molecular weight is 258 g/mol. The molecule has 0 aromatic carbocycles. The SMILES string of the molecule is BCCCP(=O)(CCB)NCCCC(=N)OC. The summed E-state index contributed by atoms with van der Waals surface area (Å²) in [5, 5.41) is 10.6. The predicted octanol–water partition coefficient (Wildman–Crippen LogP) is 0.751. The smallest absolute Gasteiger partial charge is 0.180 e. The molecule has 1 unspecified atom stereocenters. The van der Waals surface area contributed by atoms with Gasteiger partial charge < -0.3 is 9.30 Å². The first kappa shape index (κ1) is 16.8. The molecular weight excluding hydrogens is 233 g/mol. The molecule has 0 aromatic heterocycles. The zero-order chi connectivity index (χ0) is 13.1. The lowest BCUT2D eigenvalue weighted by Gasteiger charge is -2.19. The Morgan fingerprint density at radius 2 is 2.00 bits per heavy atom. The van der Waals surface area contributed by atoms with Crippen molar-refractivity contribution in [3.8, 4) is 0 Å². The second-order valence-corrected chi connectivity index (χ2v) is 7.32. The van der Waals surface area contributed by atoms with E-state index in [0.29, 0.717) is 18.9 Å². The van der Waals surface area contributed by atoms with Crippen molar-refractivity contribution in [2.45, 2.75) is 31.9 Å². The fraction of sp³-hybridized carbons (Fsp3) is 0.900. The molecule has 0 fully saturated rings. The highest BCUT2D eigenvalue weighted by Crippen LogP contribution is 2.42. The molecule has 0 radical (unpaired) electrons. The Morgan fingerprint density at radius 1 is 1.29 bits per heavy atom. The monoisotopic (exact) mass is 258 g/mol. The maximum absolute atomic E-state index is 12.5. The Morgan fingerprint density at radius 3 is 2.53 bits per heavy atom. The van der Waals surface area contributed by atoms with Crippen molar-refractivity contribution in [1.29, 1.82) is 5.41 Å². The van der Waals surface area contributed by atoms with E-state index in [9.17, 15) is 4.57 Å². The molecule has 0 bridgehead atoms. The Balaban J connectivity index is 3.91. The largest absolute Gasteiger partial charge is 0.484 e. The van der Waals surface area contributed by atoms with Gasteiger partial charge in [0.15, 0.2) is 5.90 Å². The summed E-state index contributed by atoms with van der Waals surface area (Å²) in [6.45, 7) is 0.715. The minimum atomic E-state index is -2.17. The summed E-state index contributed by atoms with van der Waals surface area (Å²) in [4.78, 5) is 0. The summed E-state index contributed by atoms with van der Waals surface area (Å²) >= 11 is 0. The van der Waals surface area contributed by atoms with E-state index in [-0.39, 0.29) is 0 Å². The molecular formula is C10H25B2N2O2P. The second-order valence-electron chi connectivity index (χ2n) is 4.33. The number of nitrogens with one attached hydrogen (secondary N) is 2. The van der Waals surface area contributed by atoms with Gasteiger partial charge >= 0.3 is 0 Å². The van der Waals surface area contributed by atoms with Crippen LogP contribution in [0.2, 0.25) is 12.6 Å². The zero-order valence-electron chi connectivity index (χ0n) is 11.4. The van der Waals surface area contributed by atoms with E-state index in [1.807, 2.05) is 0 Å². The first-order valence-electron chi connectivity index (χ1n) is 6.52. The highest BCUT2D eigenvalue weighted by Gasteiger charge is 2.18. The minimum Gasteiger partial charge on any atom is -0.484 e. The van der Waals surface area contributed by atoms with Crippen molar-refractivity contribution < 1.29 is 9.30 Å². The van der Waals surface area contributed by atoms with Crippen molar-refractivity contribution in [3.05, 3.63) is 0 Å². The van der Waals surface area contributed by atoms with Gasteiger partial charge in [-0.15, -0.1) is 0 Å². The molecule has 0 saturated carbocycles. The van der Waals surface area contributed by atoms with E-state index in [0.717, 1.165) is 37.8 Å². The van der Waals surface area contributed by atoms with Gasteiger partial charge in [-0.25, -0.2) is 0 Å². The molecule has 0 amide bonds. The molecule has 17 heavy (non-hydrogen) atoms. The lowest BCUT2D eigenvalue weighted by molar-refractivity contribution is 0.384. The summed E-state index contributed by atoms with van der Waals surface area (Å²) in [5.74, 6) is 0.297. The third-order valence-corrected chi connectivity index (χ3v) is 5.69. The number of ether oxygens (including phenoxy) is 1. The van der Waals surface area contributed by atoms with Crippen LogP contribution >= 0.6 is 7.29 Å². The standard InChI is InChI=1S/C10H25B2N2O2P/c1-16-10(13)4-2-7-14-17(15,9-6-12)8-3-5-11/h13H,2-9,11-12H2,1H3,(H,14,15). The summed E-state index contributed by atoms with van der Waals surface area (Å²) in [6, 6.07) is 0. The summed E-state index contributed by atoms with van der Waals surface area (Å²) in [5.41, 5.74) is 0. The summed E-state index contributed by atoms with van der Waals surface area (Å²) in [6.07, 6.45) is 6.09. The van der Waals surface area contributed by atoms with Gasteiger partial charge in [-0.2, -0.15) is 0 Å². The van der Waals surface area contributed by atoms with Gasteiger partial charge in [0.05, 0.1) is 7.11 Å². The molecule has 7 heteroatoms. The normalized spacial score (nSPS) is 14.2. The molecule has 0 aliphatic heterocycles. The lowest BCUT2D eigenvalue weighted by Crippen LogP contribution is -2.17. The minimum absolute atomic E-state index is 0.297. The van der Waals surface area contributed by atoms with Crippen LogP contribution in [0.4, 0.5) is 0 Å². The summed E-state index contributed by atoms with van der Waals surface area (Å²) < 4.78 is 17.3. The highest BCUT2D eigenvalue weighted by molar-refractivity contribution is 7.62. The van der Waals surface area contributed by atoms with Crippen LogP contribution in [0, 0.1) is 5.41 Å². The number of rotatable bonds is 10. The molecule has 2 N–H and O–H groups in total. The van der Waals surface area contributed by atoms with Gasteiger partial charge in [-0.1, -0.05) is 19.1 Å². The van der Waals surface area contributed by atoms with Gasteiger partial charge in [0, 0.05) is 25.3 Å². The fourth-order valence-corrected chi connectivity index (χ4v) is 4.33. The molecule has 1 atom stereocenters. The van der Waals surface area contributed by atoms with Gasteiger partial charge in [0.2, 0.25) is 0 Å². The first-order valence-corrected chi connectivity index (χ1v) is 8.60. The molecule has 0 spiro atoms. The van der Waals surface area contributed by atoms with Crippen LogP contribution in [-0.4, -0.2) is 47.6 Å². The van der Waals surface area contributed by atoms with Crippen LogP contribution < -0.4 is 5.09 Å². The first-order chi connectivity index (χ1) is 8.08. The van der Waals surface area contributed by atoms with Gasteiger partial charge in [-0.3, -0.25) is 10.5 Å². The van der Waals surface area contributed by atoms with Crippen LogP contribution in [0.5, 0.6) is 0 Å². The van der Waals surface area contributed by atoms with Crippen LogP contribution in [0.15, 0.2) is 0 Å². The van der Waals surface area contributed by atoms with E-state index in [1.165, 1.54) is 7.11 Å². The molecule has 0 rings (SSSR count). The van der Waals surface area contributed by atoms with Crippen LogP contribution in [0.1, 0.15) is 19.3 Å². The Kier molecular flexibility index (Phi) is 9.66. The third kappa shape index (κ3) is 8.50. The zero-order valence-corrected chi connectivity index (χ0v) is 12.3. The van der Waals surface area contributed by atoms with E-state index in [2.05, 4.69) is 20.8 Å². The maximum Gasteiger partial charge on any atom is 0.180 e. The molecule has 98 valence electrons. The quantitative estimate of drug-likeness (QED) is 0.200.